The van der Waals surface area contributed by atoms with E-state index in [1.54, 1.807) is 26.8 Å². The van der Waals surface area contributed by atoms with Gasteiger partial charge in [-0.05, 0) is 26.3 Å². The summed E-state index contributed by atoms with van der Waals surface area (Å²) in [6.07, 6.45) is 0. The van der Waals surface area contributed by atoms with Gasteiger partial charge in [0.25, 0.3) is 11.6 Å². The van der Waals surface area contributed by atoms with Crippen LogP contribution in [0.3, 0.4) is 0 Å². The molecule has 1 unspecified atom stereocenters. The fourth-order valence-electron chi connectivity index (χ4n) is 3.02. The fraction of sp³-hybridized carbons (Fsp3) is 0.333. The molecular formula is C18H21N3O6. The molecule has 1 amide bonds. The van der Waals surface area contributed by atoms with Crippen molar-refractivity contribution in [3.63, 3.8) is 0 Å². The minimum Gasteiger partial charge on any atom is -0.466 e. The Morgan fingerprint density at radius 1 is 1.26 bits per heavy atom. The molecule has 1 aromatic rings. The highest BCUT2D eigenvalue weighted by atomic mass is 16.6. The van der Waals surface area contributed by atoms with Crippen molar-refractivity contribution in [3.8, 4) is 0 Å². The molecule has 1 aliphatic rings. The summed E-state index contributed by atoms with van der Waals surface area (Å²) < 4.78 is 4.88. The van der Waals surface area contributed by atoms with Gasteiger partial charge in [-0.2, -0.15) is 0 Å². The summed E-state index contributed by atoms with van der Waals surface area (Å²) in [5.74, 6) is -2.03. The molecule has 1 atom stereocenters. The summed E-state index contributed by atoms with van der Waals surface area (Å²) in [5.41, 5.74) is 4.02. The zero-order chi connectivity index (χ0) is 20.1. The molecule has 2 rings (SSSR count). The predicted molar refractivity (Wildman–Crippen MR) is 96.2 cm³/mol. The Kier molecular flexibility index (Phi) is 6.30. The lowest BCUT2D eigenvalue weighted by Gasteiger charge is -2.30. The fourth-order valence-corrected chi connectivity index (χ4v) is 3.02. The number of allylic oxidation sites excluding steroid dienone is 2. The highest BCUT2D eigenvalue weighted by Gasteiger charge is 2.37. The van der Waals surface area contributed by atoms with Crippen molar-refractivity contribution in [2.75, 3.05) is 13.7 Å². The first-order valence-corrected chi connectivity index (χ1v) is 8.25. The number of nitro benzene ring substituents is 1. The van der Waals surface area contributed by atoms with E-state index in [4.69, 9.17) is 9.57 Å². The molecular weight excluding hydrogens is 354 g/mol. The van der Waals surface area contributed by atoms with Crippen LogP contribution in [-0.2, 0) is 19.2 Å². The van der Waals surface area contributed by atoms with Crippen LogP contribution in [0, 0.1) is 10.1 Å². The normalized spacial score (nSPS) is 16.7. The summed E-state index contributed by atoms with van der Waals surface area (Å²) in [5, 5.41) is 14.2. The Labute approximate surface area is 156 Å². The second kappa shape index (κ2) is 8.45. The summed E-state index contributed by atoms with van der Waals surface area (Å²) in [6, 6.07) is 5.82. The number of nitrogens with one attached hydrogen (secondary N) is 2. The van der Waals surface area contributed by atoms with Crippen LogP contribution in [0.25, 0.3) is 0 Å². The number of amides is 1. The van der Waals surface area contributed by atoms with Crippen molar-refractivity contribution in [2.24, 2.45) is 0 Å². The van der Waals surface area contributed by atoms with Gasteiger partial charge in [0.15, 0.2) is 0 Å². The maximum absolute atomic E-state index is 12.7. The summed E-state index contributed by atoms with van der Waals surface area (Å²) in [6.45, 7) is 5.33. The van der Waals surface area contributed by atoms with Gasteiger partial charge in [0.2, 0.25) is 0 Å². The largest absolute Gasteiger partial charge is 0.466 e. The van der Waals surface area contributed by atoms with Gasteiger partial charge in [0.1, 0.15) is 0 Å². The molecule has 9 heteroatoms. The lowest BCUT2D eigenvalue weighted by molar-refractivity contribution is -0.384. The van der Waals surface area contributed by atoms with E-state index in [0.29, 0.717) is 17.0 Å². The number of carbonyl (C=O) groups is 2. The van der Waals surface area contributed by atoms with Gasteiger partial charge in [0.05, 0.1) is 35.7 Å². The third-order valence-electron chi connectivity index (χ3n) is 4.13. The van der Waals surface area contributed by atoms with E-state index >= 15 is 0 Å². The van der Waals surface area contributed by atoms with Crippen LogP contribution in [0.1, 0.15) is 32.3 Å². The molecule has 0 aromatic heterocycles. The van der Waals surface area contributed by atoms with E-state index in [9.17, 15) is 19.7 Å². The number of methoxy groups -OCH3 is 1. The van der Waals surface area contributed by atoms with Gasteiger partial charge >= 0.3 is 5.97 Å². The van der Waals surface area contributed by atoms with Crippen LogP contribution in [0.4, 0.5) is 5.69 Å². The number of nitrogens with zero attached hydrogens (tertiary/aromatic N) is 1. The van der Waals surface area contributed by atoms with E-state index in [-0.39, 0.29) is 23.4 Å². The first-order valence-electron chi connectivity index (χ1n) is 8.25. The molecule has 27 heavy (non-hydrogen) atoms. The third-order valence-corrected chi connectivity index (χ3v) is 4.13. The molecule has 0 saturated carbocycles. The second-order valence-corrected chi connectivity index (χ2v) is 5.84. The number of non-ortho nitro benzene ring substituents is 1. The highest BCUT2D eigenvalue weighted by molar-refractivity contribution is 6.01. The highest BCUT2D eigenvalue weighted by Crippen LogP contribution is 2.39. The van der Waals surface area contributed by atoms with Crippen LogP contribution in [-0.4, -0.2) is 30.5 Å². The number of ether oxygens (including phenoxy) is 1. The number of nitro groups is 1. The third kappa shape index (κ3) is 4.14. The quantitative estimate of drug-likeness (QED) is 0.444. The Bertz CT molecular complexity index is 843. The molecule has 0 radical (unpaired) electrons. The van der Waals surface area contributed by atoms with Crippen molar-refractivity contribution in [3.05, 3.63) is 62.5 Å². The van der Waals surface area contributed by atoms with E-state index in [0.717, 1.165) is 0 Å². The van der Waals surface area contributed by atoms with Crippen LogP contribution >= 0.6 is 0 Å². The number of carbonyl (C=O) groups excluding carboxylic acids is 2. The number of dihydropyridines is 1. The van der Waals surface area contributed by atoms with Crippen LogP contribution in [0.2, 0.25) is 0 Å². The zero-order valence-electron chi connectivity index (χ0n) is 15.5. The number of hydroxylamine groups is 1. The molecule has 1 aliphatic heterocycles. The number of hydrogen-bond acceptors (Lipinski definition) is 7. The van der Waals surface area contributed by atoms with E-state index in [2.05, 4.69) is 10.8 Å². The monoisotopic (exact) mass is 375 g/mol. The van der Waals surface area contributed by atoms with Gasteiger partial charge in [0, 0.05) is 23.5 Å². The van der Waals surface area contributed by atoms with Crippen molar-refractivity contribution in [1.29, 1.82) is 0 Å². The van der Waals surface area contributed by atoms with Gasteiger partial charge < -0.3 is 10.1 Å². The second-order valence-electron chi connectivity index (χ2n) is 5.84. The first-order chi connectivity index (χ1) is 12.8. The predicted octanol–water partition coefficient (Wildman–Crippen LogP) is 2.07. The van der Waals surface area contributed by atoms with E-state index in [1.807, 2.05) is 0 Å². The molecule has 1 heterocycles. The Hall–Kier alpha value is -3.20. The first kappa shape index (κ1) is 20.1. The molecule has 9 nitrogen and oxygen atoms in total. The number of esters is 1. The average molecular weight is 375 g/mol. The molecule has 0 fully saturated rings. The molecule has 144 valence electrons. The summed E-state index contributed by atoms with van der Waals surface area (Å²) in [4.78, 5) is 40.7. The Morgan fingerprint density at radius 3 is 2.52 bits per heavy atom. The minimum atomic E-state index is -0.848. The van der Waals surface area contributed by atoms with Gasteiger partial charge in [-0.1, -0.05) is 12.1 Å². The van der Waals surface area contributed by atoms with Crippen LogP contribution < -0.4 is 10.8 Å². The SMILES string of the molecule is CCONC(=O)C1=C(C)NC(C)=C(C(=O)OC)C1c1cccc([N+](=O)[O-])c1. The standard InChI is InChI=1S/C18H21N3O6/c1-5-27-20-17(22)14-10(2)19-11(3)15(18(23)26-4)16(14)12-7-6-8-13(9-12)21(24)25/h6-9,16,19H,5H2,1-4H3,(H,20,22). The average Bonchev–Trinajstić information content (AvgIpc) is 2.64. The lowest BCUT2D eigenvalue weighted by Crippen LogP contribution is -2.36. The minimum absolute atomic E-state index is 0.143. The van der Waals surface area contributed by atoms with Crippen molar-refractivity contribution >= 4 is 17.6 Å². The molecule has 0 aliphatic carbocycles. The van der Waals surface area contributed by atoms with Crippen molar-refractivity contribution < 1.29 is 24.1 Å². The van der Waals surface area contributed by atoms with E-state index < -0.39 is 22.7 Å². The smallest absolute Gasteiger partial charge is 0.336 e. The molecule has 0 saturated heterocycles. The maximum Gasteiger partial charge on any atom is 0.336 e. The molecule has 0 spiro atoms. The van der Waals surface area contributed by atoms with Gasteiger partial charge in [-0.15, -0.1) is 0 Å². The Morgan fingerprint density at radius 2 is 1.93 bits per heavy atom. The zero-order valence-corrected chi connectivity index (χ0v) is 15.5. The van der Waals surface area contributed by atoms with Crippen LogP contribution in [0.15, 0.2) is 46.8 Å². The number of hydrogen-bond donors (Lipinski definition) is 2. The molecule has 0 bridgehead atoms. The Balaban J connectivity index is 2.65. The lowest BCUT2D eigenvalue weighted by atomic mass is 9.80. The van der Waals surface area contributed by atoms with E-state index in [1.165, 1.54) is 25.3 Å². The summed E-state index contributed by atoms with van der Waals surface area (Å²) in [7, 11) is 1.23. The van der Waals surface area contributed by atoms with Crippen molar-refractivity contribution in [1.82, 2.24) is 10.8 Å². The summed E-state index contributed by atoms with van der Waals surface area (Å²) >= 11 is 0. The number of rotatable bonds is 6. The maximum atomic E-state index is 12.7. The van der Waals surface area contributed by atoms with Crippen molar-refractivity contribution in [2.45, 2.75) is 26.7 Å². The topological polar surface area (TPSA) is 120 Å². The number of benzene rings is 1. The van der Waals surface area contributed by atoms with Crippen LogP contribution in [0.5, 0.6) is 0 Å². The molecule has 1 aromatic carbocycles. The van der Waals surface area contributed by atoms with Gasteiger partial charge in [-0.25, -0.2) is 10.3 Å². The molecule has 2 N–H and O–H groups in total. The van der Waals surface area contributed by atoms with Gasteiger partial charge in [-0.3, -0.25) is 19.7 Å².